The van der Waals surface area contributed by atoms with E-state index in [-0.39, 0.29) is 12.7 Å². The summed E-state index contributed by atoms with van der Waals surface area (Å²) in [6.45, 7) is 4.75. The highest BCUT2D eigenvalue weighted by Crippen LogP contribution is 2.32. The lowest BCUT2D eigenvalue weighted by molar-refractivity contribution is -0.121. The number of hydrogen-bond acceptors (Lipinski definition) is 4. The number of fused-ring (bicyclic) bond motifs is 1. The number of hydrogen-bond donors (Lipinski definition) is 1. The number of nitrogens with one attached hydrogen (secondary N) is 1. The summed E-state index contributed by atoms with van der Waals surface area (Å²) in [6.07, 6.45) is 1.16. The second kappa shape index (κ2) is 6.32. The Morgan fingerprint density at radius 1 is 1.30 bits per heavy atom. The van der Waals surface area contributed by atoms with Gasteiger partial charge in [0.15, 0.2) is 11.5 Å². The molecule has 1 aliphatic rings. The van der Waals surface area contributed by atoms with Gasteiger partial charge in [-0.05, 0) is 43.5 Å². The molecule has 0 aliphatic carbocycles. The molecule has 0 bridgehead atoms. The first kappa shape index (κ1) is 15.4. The standard InChI is InChI=1S/C17H21N3O3/c1-11-14(12(2)20(3)19-11)5-7-17(21)18-9-13-4-6-15-16(8-13)23-10-22-15/h4,6,8H,5,7,9-10H2,1-3H3,(H,18,21). The van der Waals surface area contributed by atoms with Crippen molar-refractivity contribution < 1.29 is 14.3 Å². The van der Waals surface area contributed by atoms with Crippen LogP contribution in [0.3, 0.4) is 0 Å². The fourth-order valence-electron chi connectivity index (χ4n) is 2.76. The van der Waals surface area contributed by atoms with Crippen molar-refractivity contribution >= 4 is 5.91 Å². The van der Waals surface area contributed by atoms with Crippen molar-refractivity contribution in [1.29, 1.82) is 0 Å². The highest BCUT2D eigenvalue weighted by atomic mass is 16.7. The molecule has 0 radical (unpaired) electrons. The van der Waals surface area contributed by atoms with Crippen LogP contribution in [0.1, 0.15) is 28.9 Å². The van der Waals surface area contributed by atoms with Gasteiger partial charge >= 0.3 is 0 Å². The SMILES string of the molecule is Cc1nn(C)c(C)c1CCC(=O)NCc1ccc2c(c1)OCO2. The molecule has 0 saturated heterocycles. The molecule has 1 aromatic carbocycles. The first-order valence-corrected chi connectivity index (χ1v) is 7.69. The zero-order chi connectivity index (χ0) is 16.4. The van der Waals surface area contributed by atoms with E-state index >= 15 is 0 Å². The third-order valence-corrected chi connectivity index (χ3v) is 4.19. The van der Waals surface area contributed by atoms with E-state index in [9.17, 15) is 4.79 Å². The smallest absolute Gasteiger partial charge is 0.231 e. The van der Waals surface area contributed by atoms with Gasteiger partial charge in [-0.25, -0.2) is 0 Å². The van der Waals surface area contributed by atoms with Gasteiger partial charge in [0, 0.05) is 25.7 Å². The topological polar surface area (TPSA) is 65.4 Å². The minimum absolute atomic E-state index is 0.0327. The van der Waals surface area contributed by atoms with E-state index in [1.54, 1.807) is 0 Å². The summed E-state index contributed by atoms with van der Waals surface area (Å²) in [6, 6.07) is 5.70. The number of aryl methyl sites for hydroxylation is 2. The van der Waals surface area contributed by atoms with Gasteiger partial charge in [0.05, 0.1) is 5.69 Å². The zero-order valence-electron chi connectivity index (χ0n) is 13.7. The van der Waals surface area contributed by atoms with Crippen LogP contribution >= 0.6 is 0 Å². The predicted molar refractivity (Wildman–Crippen MR) is 85.4 cm³/mol. The number of carbonyl (C=O) groups is 1. The molecule has 2 heterocycles. The Morgan fingerprint density at radius 3 is 2.83 bits per heavy atom. The molecule has 1 N–H and O–H groups in total. The maximum Gasteiger partial charge on any atom is 0.231 e. The Bertz CT molecular complexity index is 737. The van der Waals surface area contributed by atoms with E-state index in [1.165, 1.54) is 0 Å². The molecule has 3 rings (SSSR count). The molecule has 0 atom stereocenters. The fraction of sp³-hybridized carbons (Fsp3) is 0.412. The number of ether oxygens (including phenoxy) is 2. The van der Waals surface area contributed by atoms with Gasteiger partial charge < -0.3 is 14.8 Å². The van der Waals surface area contributed by atoms with E-state index < -0.39 is 0 Å². The zero-order valence-corrected chi connectivity index (χ0v) is 13.7. The maximum atomic E-state index is 12.1. The average molecular weight is 315 g/mol. The van der Waals surface area contributed by atoms with Gasteiger partial charge in [0.25, 0.3) is 0 Å². The summed E-state index contributed by atoms with van der Waals surface area (Å²) in [5.41, 5.74) is 4.27. The van der Waals surface area contributed by atoms with E-state index in [0.717, 1.165) is 34.0 Å². The van der Waals surface area contributed by atoms with Crippen LogP contribution in [0.2, 0.25) is 0 Å². The highest BCUT2D eigenvalue weighted by Gasteiger charge is 2.14. The quantitative estimate of drug-likeness (QED) is 0.917. The van der Waals surface area contributed by atoms with E-state index in [4.69, 9.17) is 9.47 Å². The van der Waals surface area contributed by atoms with Crippen molar-refractivity contribution in [2.45, 2.75) is 33.2 Å². The lowest BCUT2D eigenvalue weighted by Gasteiger charge is -2.07. The first-order valence-electron chi connectivity index (χ1n) is 7.69. The van der Waals surface area contributed by atoms with Crippen molar-refractivity contribution in [1.82, 2.24) is 15.1 Å². The Morgan fingerprint density at radius 2 is 2.09 bits per heavy atom. The number of rotatable bonds is 5. The largest absolute Gasteiger partial charge is 0.454 e. The molecular weight excluding hydrogens is 294 g/mol. The monoisotopic (exact) mass is 315 g/mol. The number of benzene rings is 1. The van der Waals surface area contributed by atoms with E-state index in [2.05, 4.69) is 10.4 Å². The van der Waals surface area contributed by atoms with Crippen LogP contribution in [0, 0.1) is 13.8 Å². The molecule has 6 heteroatoms. The average Bonchev–Trinajstić information content (AvgIpc) is 3.08. The molecular formula is C17H21N3O3. The van der Waals surface area contributed by atoms with Crippen molar-refractivity contribution in [2.24, 2.45) is 7.05 Å². The van der Waals surface area contributed by atoms with Crippen LogP contribution in [0.4, 0.5) is 0 Å². The number of aromatic nitrogens is 2. The Hall–Kier alpha value is -2.50. The normalized spacial score (nSPS) is 12.5. The summed E-state index contributed by atoms with van der Waals surface area (Å²) in [7, 11) is 1.92. The van der Waals surface area contributed by atoms with Gasteiger partial charge in [-0.15, -0.1) is 0 Å². The molecule has 0 saturated carbocycles. The maximum absolute atomic E-state index is 12.1. The van der Waals surface area contributed by atoms with Crippen LogP contribution in [0.15, 0.2) is 18.2 Å². The molecule has 122 valence electrons. The minimum atomic E-state index is 0.0327. The molecule has 0 unspecified atom stereocenters. The molecule has 0 spiro atoms. The van der Waals surface area contributed by atoms with Gasteiger partial charge in [0.2, 0.25) is 12.7 Å². The third-order valence-electron chi connectivity index (χ3n) is 4.19. The lowest BCUT2D eigenvalue weighted by atomic mass is 10.1. The Kier molecular flexibility index (Phi) is 4.23. The summed E-state index contributed by atoms with van der Waals surface area (Å²) < 4.78 is 12.5. The van der Waals surface area contributed by atoms with Crippen molar-refractivity contribution in [2.75, 3.05) is 6.79 Å². The van der Waals surface area contributed by atoms with E-state index in [1.807, 2.05) is 43.8 Å². The summed E-state index contributed by atoms with van der Waals surface area (Å²) in [5, 5.41) is 7.32. The summed E-state index contributed by atoms with van der Waals surface area (Å²) >= 11 is 0. The van der Waals surface area contributed by atoms with Crippen molar-refractivity contribution in [3.05, 3.63) is 40.7 Å². The predicted octanol–water partition coefficient (Wildman–Crippen LogP) is 2.01. The van der Waals surface area contributed by atoms with Crippen LogP contribution in [-0.4, -0.2) is 22.5 Å². The summed E-state index contributed by atoms with van der Waals surface area (Å²) in [5.74, 6) is 1.52. The third kappa shape index (κ3) is 3.31. The Balaban J connectivity index is 1.52. The van der Waals surface area contributed by atoms with Gasteiger partial charge in [-0.3, -0.25) is 9.48 Å². The highest BCUT2D eigenvalue weighted by molar-refractivity contribution is 5.76. The molecule has 1 aromatic heterocycles. The molecule has 0 fully saturated rings. The molecule has 2 aromatic rings. The lowest BCUT2D eigenvalue weighted by Crippen LogP contribution is -2.23. The van der Waals surface area contributed by atoms with Gasteiger partial charge in [0.1, 0.15) is 0 Å². The number of amides is 1. The van der Waals surface area contributed by atoms with Crippen molar-refractivity contribution in [3.63, 3.8) is 0 Å². The van der Waals surface area contributed by atoms with Crippen LogP contribution in [0.25, 0.3) is 0 Å². The molecule has 23 heavy (non-hydrogen) atoms. The van der Waals surface area contributed by atoms with Crippen LogP contribution in [-0.2, 0) is 24.8 Å². The van der Waals surface area contributed by atoms with Crippen LogP contribution < -0.4 is 14.8 Å². The van der Waals surface area contributed by atoms with Gasteiger partial charge in [-0.2, -0.15) is 5.10 Å². The fourth-order valence-corrected chi connectivity index (χ4v) is 2.76. The first-order chi connectivity index (χ1) is 11.0. The minimum Gasteiger partial charge on any atom is -0.454 e. The van der Waals surface area contributed by atoms with Gasteiger partial charge in [-0.1, -0.05) is 6.07 Å². The van der Waals surface area contributed by atoms with E-state index in [0.29, 0.717) is 19.4 Å². The second-order valence-electron chi connectivity index (χ2n) is 5.74. The van der Waals surface area contributed by atoms with Crippen LogP contribution in [0.5, 0.6) is 11.5 Å². The molecule has 6 nitrogen and oxygen atoms in total. The Labute approximate surface area is 135 Å². The number of carbonyl (C=O) groups excluding carboxylic acids is 1. The second-order valence-corrected chi connectivity index (χ2v) is 5.74. The van der Waals surface area contributed by atoms with Crippen molar-refractivity contribution in [3.8, 4) is 11.5 Å². The number of nitrogens with zero attached hydrogens (tertiary/aromatic N) is 2. The molecule has 1 amide bonds. The molecule has 1 aliphatic heterocycles. The summed E-state index contributed by atoms with van der Waals surface area (Å²) in [4.78, 5) is 12.1.